The van der Waals surface area contributed by atoms with Crippen LogP contribution in [-0.4, -0.2) is 28.4 Å². The first kappa shape index (κ1) is 17.3. The van der Waals surface area contributed by atoms with Gasteiger partial charge in [0.1, 0.15) is 5.75 Å². The largest absolute Gasteiger partial charge is 0.495 e. The van der Waals surface area contributed by atoms with E-state index in [1.807, 2.05) is 42.5 Å². The third kappa shape index (κ3) is 3.64. The van der Waals surface area contributed by atoms with E-state index in [4.69, 9.17) is 25.4 Å². The fraction of sp³-hybridized carbons (Fsp3) is 0.200. The Morgan fingerprint density at radius 2 is 1.33 bits per heavy atom. The van der Waals surface area contributed by atoms with E-state index in [0.29, 0.717) is 28.6 Å². The molecule has 4 nitrogen and oxygen atoms in total. The number of methoxy groups -OCH3 is 4. The number of hydrogen-bond acceptors (Lipinski definition) is 4. The normalized spacial score (nSPS) is 10.3. The van der Waals surface area contributed by atoms with E-state index in [1.54, 1.807) is 28.4 Å². The predicted octanol–water partition coefficient (Wildman–Crippen LogP) is 3.87. The van der Waals surface area contributed by atoms with E-state index >= 15 is 0 Å². The molecule has 0 spiro atoms. The Labute approximate surface area is 142 Å². The van der Waals surface area contributed by atoms with Gasteiger partial charge in [-0.2, -0.15) is 0 Å². The van der Waals surface area contributed by atoms with Crippen LogP contribution in [0.2, 0.25) is 0 Å². The number of ether oxygens (including phenoxy) is 4. The molecule has 2 aromatic carbocycles. The average Bonchev–Trinajstić information content (AvgIpc) is 2.64. The Kier molecular flexibility index (Phi) is 5.75. The molecule has 0 saturated carbocycles. The Balaban J connectivity index is 2.37. The molecule has 0 saturated heterocycles. The third-order valence-electron chi connectivity index (χ3n) is 3.53. The summed E-state index contributed by atoms with van der Waals surface area (Å²) in [7, 11) is 6.36. The van der Waals surface area contributed by atoms with Crippen LogP contribution in [0.5, 0.6) is 23.0 Å². The summed E-state index contributed by atoms with van der Waals surface area (Å²) in [5, 5.41) is 0. The van der Waals surface area contributed by atoms with Gasteiger partial charge in [-0.3, -0.25) is 0 Å². The van der Waals surface area contributed by atoms with E-state index in [9.17, 15) is 0 Å². The van der Waals surface area contributed by atoms with Crippen molar-refractivity contribution < 1.29 is 18.9 Å². The highest BCUT2D eigenvalue weighted by Crippen LogP contribution is 2.38. The maximum absolute atomic E-state index is 5.51. The highest BCUT2D eigenvalue weighted by molar-refractivity contribution is 5.73. The van der Waals surface area contributed by atoms with Gasteiger partial charge < -0.3 is 18.9 Å². The van der Waals surface area contributed by atoms with E-state index in [2.05, 4.69) is 5.92 Å². The average molecular weight is 324 g/mol. The van der Waals surface area contributed by atoms with Crippen molar-refractivity contribution >= 4 is 12.2 Å². The molecule has 2 aromatic rings. The molecule has 0 radical (unpaired) electrons. The lowest BCUT2D eigenvalue weighted by Gasteiger charge is -2.12. The molecule has 2 rings (SSSR count). The molecule has 4 heteroatoms. The van der Waals surface area contributed by atoms with Crippen molar-refractivity contribution in [2.75, 3.05) is 28.4 Å². The van der Waals surface area contributed by atoms with E-state index in [1.165, 1.54) is 0 Å². The maximum atomic E-state index is 5.51. The van der Waals surface area contributed by atoms with Crippen molar-refractivity contribution in [2.45, 2.75) is 0 Å². The molecule has 0 aromatic heterocycles. The molecule has 0 amide bonds. The second kappa shape index (κ2) is 7.98. The maximum Gasteiger partial charge on any atom is 0.203 e. The van der Waals surface area contributed by atoms with Gasteiger partial charge in [0.25, 0.3) is 0 Å². The van der Waals surface area contributed by atoms with Gasteiger partial charge in [0.05, 0.1) is 34.0 Å². The predicted molar refractivity (Wildman–Crippen MR) is 96.0 cm³/mol. The minimum absolute atomic E-state index is 0.566. The molecule has 0 N–H and O–H groups in total. The zero-order valence-corrected chi connectivity index (χ0v) is 14.3. The highest BCUT2D eigenvalue weighted by atomic mass is 16.5. The summed E-state index contributed by atoms with van der Waals surface area (Å²) in [6.07, 6.45) is 9.42. The van der Waals surface area contributed by atoms with E-state index in [0.717, 1.165) is 11.1 Å². The smallest absolute Gasteiger partial charge is 0.203 e. The molecule has 0 unspecified atom stereocenters. The second-order valence-electron chi connectivity index (χ2n) is 4.90. The molecule has 0 heterocycles. The summed E-state index contributed by atoms with van der Waals surface area (Å²) in [4.78, 5) is 0. The first-order valence-corrected chi connectivity index (χ1v) is 7.29. The van der Waals surface area contributed by atoms with Crippen molar-refractivity contribution in [2.24, 2.45) is 0 Å². The van der Waals surface area contributed by atoms with Crippen LogP contribution in [0.15, 0.2) is 30.3 Å². The van der Waals surface area contributed by atoms with Crippen LogP contribution >= 0.6 is 0 Å². The van der Waals surface area contributed by atoms with Crippen molar-refractivity contribution in [3.05, 3.63) is 47.0 Å². The number of terminal acetylenes is 1. The third-order valence-corrected chi connectivity index (χ3v) is 3.53. The van der Waals surface area contributed by atoms with Crippen molar-refractivity contribution in [3.8, 4) is 35.3 Å². The summed E-state index contributed by atoms with van der Waals surface area (Å²) in [6, 6.07) is 9.44. The summed E-state index contributed by atoms with van der Waals surface area (Å²) in [5.74, 6) is 5.08. The number of hydrogen-bond donors (Lipinski definition) is 0. The zero-order chi connectivity index (χ0) is 17.5. The first-order chi connectivity index (χ1) is 11.7. The number of benzene rings is 2. The Bertz CT molecular complexity index is 760. The Morgan fingerprint density at radius 3 is 1.83 bits per heavy atom. The molecule has 0 aliphatic carbocycles. The topological polar surface area (TPSA) is 36.9 Å². The van der Waals surface area contributed by atoms with Gasteiger partial charge in [-0.1, -0.05) is 24.1 Å². The van der Waals surface area contributed by atoms with Crippen molar-refractivity contribution in [1.82, 2.24) is 0 Å². The van der Waals surface area contributed by atoms with Crippen LogP contribution in [0, 0.1) is 12.3 Å². The van der Waals surface area contributed by atoms with E-state index in [-0.39, 0.29) is 0 Å². The molecule has 124 valence electrons. The fourth-order valence-corrected chi connectivity index (χ4v) is 2.33. The SMILES string of the molecule is C#Cc1cc(/C=C\c2cc(OC)c(OC)c(OC)c2)ccc1OC. The lowest BCUT2D eigenvalue weighted by molar-refractivity contribution is 0.324. The van der Waals surface area contributed by atoms with Gasteiger partial charge in [-0.05, 0) is 35.4 Å². The number of rotatable bonds is 6. The Hall–Kier alpha value is -3.06. The molecular weight excluding hydrogens is 304 g/mol. The summed E-state index contributed by atoms with van der Waals surface area (Å²) in [5.41, 5.74) is 2.60. The van der Waals surface area contributed by atoms with Crippen LogP contribution in [0.1, 0.15) is 16.7 Å². The zero-order valence-electron chi connectivity index (χ0n) is 14.3. The Morgan fingerprint density at radius 1 is 0.750 bits per heavy atom. The van der Waals surface area contributed by atoms with Crippen LogP contribution in [0.3, 0.4) is 0 Å². The van der Waals surface area contributed by atoms with Crippen LogP contribution in [0.25, 0.3) is 12.2 Å². The van der Waals surface area contributed by atoms with Gasteiger partial charge in [0, 0.05) is 0 Å². The van der Waals surface area contributed by atoms with Crippen molar-refractivity contribution in [1.29, 1.82) is 0 Å². The summed E-state index contributed by atoms with van der Waals surface area (Å²) in [6.45, 7) is 0. The van der Waals surface area contributed by atoms with Gasteiger partial charge in [-0.25, -0.2) is 0 Å². The summed E-state index contributed by atoms with van der Waals surface area (Å²) >= 11 is 0. The minimum Gasteiger partial charge on any atom is -0.495 e. The van der Waals surface area contributed by atoms with Gasteiger partial charge in [0.2, 0.25) is 5.75 Å². The lowest BCUT2D eigenvalue weighted by Crippen LogP contribution is -1.95. The van der Waals surface area contributed by atoms with Gasteiger partial charge >= 0.3 is 0 Å². The lowest BCUT2D eigenvalue weighted by atomic mass is 10.1. The van der Waals surface area contributed by atoms with Gasteiger partial charge in [-0.15, -0.1) is 6.42 Å². The quantitative estimate of drug-likeness (QED) is 0.597. The van der Waals surface area contributed by atoms with Crippen LogP contribution in [-0.2, 0) is 0 Å². The molecule has 0 fully saturated rings. The highest BCUT2D eigenvalue weighted by Gasteiger charge is 2.12. The molecule has 0 atom stereocenters. The standard InChI is InChI=1S/C20H20O4/c1-6-16-11-14(9-10-17(16)21-2)7-8-15-12-18(22-3)20(24-5)19(13-15)23-4/h1,7-13H,2-5H3/b8-7-. The second-order valence-corrected chi connectivity index (χ2v) is 4.90. The van der Waals surface area contributed by atoms with Crippen LogP contribution in [0.4, 0.5) is 0 Å². The molecule has 24 heavy (non-hydrogen) atoms. The minimum atomic E-state index is 0.566. The first-order valence-electron chi connectivity index (χ1n) is 7.29. The molecular formula is C20H20O4. The fourth-order valence-electron chi connectivity index (χ4n) is 2.33. The van der Waals surface area contributed by atoms with Gasteiger partial charge in [0.15, 0.2) is 11.5 Å². The molecule has 0 bridgehead atoms. The van der Waals surface area contributed by atoms with E-state index < -0.39 is 0 Å². The monoisotopic (exact) mass is 324 g/mol. The van der Waals surface area contributed by atoms with Crippen molar-refractivity contribution in [3.63, 3.8) is 0 Å². The molecule has 0 aliphatic heterocycles. The summed E-state index contributed by atoms with van der Waals surface area (Å²) < 4.78 is 21.3. The molecule has 0 aliphatic rings. The van der Waals surface area contributed by atoms with Crippen LogP contribution < -0.4 is 18.9 Å².